The Labute approximate surface area is 110 Å². The van der Waals surface area contributed by atoms with Crippen molar-refractivity contribution in [3.8, 4) is 0 Å². The Kier molecular flexibility index (Phi) is 3.67. The topological polar surface area (TPSA) is 15.3 Å². The fourth-order valence-electron chi connectivity index (χ4n) is 3.39. The van der Waals surface area contributed by atoms with E-state index >= 15 is 0 Å². The molecule has 2 nitrogen and oxygen atoms in total. The van der Waals surface area contributed by atoms with Crippen LogP contribution in [0, 0.1) is 0 Å². The summed E-state index contributed by atoms with van der Waals surface area (Å²) >= 11 is 0. The molecule has 1 fully saturated rings. The van der Waals surface area contributed by atoms with Gasteiger partial charge < -0.3 is 10.2 Å². The van der Waals surface area contributed by atoms with Gasteiger partial charge in [0.05, 0.1) is 0 Å². The zero-order valence-electron chi connectivity index (χ0n) is 11.4. The highest BCUT2D eigenvalue weighted by molar-refractivity contribution is 5.33. The van der Waals surface area contributed by atoms with Gasteiger partial charge in [-0.15, -0.1) is 0 Å². The lowest BCUT2D eigenvalue weighted by atomic mass is 10.1. The Morgan fingerprint density at radius 1 is 1.22 bits per heavy atom. The fraction of sp³-hybridized carbons (Fsp3) is 0.625. The van der Waals surface area contributed by atoms with E-state index in [9.17, 15) is 0 Å². The predicted octanol–water partition coefficient (Wildman–Crippen LogP) is 2.23. The maximum Gasteiger partial charge on any atom is 0.0173 e. The summed E-state index contributed by atoms with van der Waals surface area (Å²) in [6, 6.07) is 10.4. The minimum Gasteiger partial charge on any atom is -0.314 e. The van der Waals surface area contributed by atoms with Gasteiger partial charge in [0.1, 0.15) is 0 Å². The predicted molar refractivity (Wildman–Crippen MR) is 75.9 cm³/mol. The molecule has 1 aromatic rings. The number of likely N-dealkylation sites (N-methyl/N-ethyl adjacent to an activating group) is 1. The largest absolute Gasteiger partial charge is 0.314 e. The summed E-state index contributed by atoms with van der Waals surface area (Å²) in [6.07, 6.45) is 6.53. The van der Waals surface area contributed by atoms with E-state index in [2.05, 4.69) is 41.5 Å². The number of hydrogen-bond acceptors (Lipinski definition) is 2. The molecule has 0 spiro atoms. The number of benzene rings is 1. The molecule has 2 heteroatoms. The molecule has 1 saturated heterocycles. The van der Waals surface area contributed by atoms with Crippen molar-refractivity contribution in [2.75, 3.05) is 20.1 Å². The van der Waals surface area contributed by atoms with Crippen molar-refractivity contribution in [2.24, 2.45) is 0 Å². The van der Waals surface area contributed by atoms with Crippen LogP contribution in [0.2, 0.25) is 0 Å². The lowest BCUT2D eigenvalue weighted by Crippen LogP contribution is -2.36. The van der Waals surface area contributed by atoms with Gasteiger partial charge in [0, 0.05) is 12.1 Å². The van der Waals surface area contributed by atoms with Gasteiger partial charge in [-0.2, -0.15) is 0 Å². The van der Waals surface area contributed by atoms with Gasteiger partial charge in [-0.25, -0.2) is 0 Å². The van der Waals surface area contributed by atoms with Crippen molar-refractivity contribution < 1.29 is 0 Å². The van der Waals surface area contributed by atoms with E-state index in [0.717, 1.165) is 12.1 Å². The van der Waals surface area contributed by atoms with Crippen molar-refractivity contribution in [3.63, 3.8) is 0 Å². The second-order valence-corrected chi connectivity index (χ2v) is 5.89. The summed E-state index contributed by atoms with van der Waals surface area (Å²) in [6.45, 7) is 2.46. The third-order valence-corrected chi connectivity index (χ3v) is 4.65. The molecule has 0 saturated carbocycles. The standard InChI is InChI=1S/C16H24N2/c1-18(10-8-15-7-4-9-17-15)16-11-13-5-2-3-6-14(13)12-16/h2-3,5-6,15-17H,4,7-12H2,1H3. The second kappa shape index (κ2) is 5.41. The molecule has 1 heterocycles. The van der Waals surface area contributed by atoms with Crippen LogP contribution in [-0.2, 0) is 12.8 Å². The number of rotatable bonds is 4. The highest BCUT2D eigenvalue weighted by Gasteiger charge is 2.24. The molecule has 1 atom stereocenters. The summed E-state index contributed by atoms with van der Waals surface area (Å²) in [4.78, 5) is 2.57. The van der Waals surface area contributed by atoms with Crippen molar-refractivity contribution >= 4 is 0 Å². The zero-order valence-corrected chi connectivity index (χ0v) is 11.4. The molecule has 1 unspecified atom stereocenters. The van der Waals surface area contributed by atoms with Crippen LogP contribution >= 0.6 is 0 Å². The highest BCUT2D eigenvalue weighted by Crippen LogP contribution is 2.25. The van der Waals surface area contributed by atoms with Gasteiger partial charge in [0.15, 0.2) is 0 Å². The molecule has 98 valence electrons. The van der Waals surface area contributed by atoms with Crippen LogP contribution in [0.1, 0.15) is 30.4 Å². The molecule has 0 aromatic heterocycles. The van der Waals surface area contributed by atoms with Gasteiger partial charge in [-0.1, -0.05) is 24.3 Å². The number of fused-ring (bicyclic) bond motifs is 1. The van der Waals surface area contributed by atoms with E-state index in [1.807, 2.05) is 0 Å². The molecule has 1 N–H and O–H groups in total. The lowest BCUT2D eigenvalue weighted by molar-refractivity contribution is 0.237. The van der Waals surface area contributed by atoms with Gasteiger partial charge in [-0.05, 0) is 63.4 Å². The highest BCUT2D eigenvalue weighted by atomic mass is 15.1. The van der Waals surface area contributed by atoms with Crippen LogP contribution in [0.5, 0.6) is 0 Å². The molecular weight excluding hydrogens is 220 g/mol. The molecule has 0 amide bonds. The van der Waals surface area contributed by atoms with Crippen molar-refractivity contribution in [1.29, 1.82) is 0 Å². The first-order valence-electron chi connectivity index (χ1n) is 7.33. The Bertz CT molecular complexity index is 371. The van der Waals surface area contributed by atoms with E-state index in [0.29, 0.717) is 0 Å². The quantitative estimate of drug-likeness (QED) is 0.874. The van der Waals surface area contributed by atoms with E-state index in [1.165, 1.54) is 45.2 Å². The van der Waals surface area contributed by atoms with Crippen LogP contribution in [0.15, 0.2) is 24.3 Å². The first kappa shape index (κ1) is 12.2. The molecule has 0 radical (unpaired) electrons. The normalized spacial score (nSPS) is 23.8. The molecule has 1 aliphatic heterocycles. The molecule has 18 heavy (non-hydrogen) atoms. The fourth-order valence-corrected chi connectivity index (χ4v) is 3.39. The minimum atomic E-state index is 0.726. The van der Waals surface area contributed by atoms with Crippen LogP contribution < -0.4 is 5.32 Å². The smallest absolute Gasteiger partial charge is 0.0173 e. The Morgan fingerprint density at radius 3 is 2.56 bits per heavy atom. The van der Waals surface area contributed by atoms with E-state index in [1.54, 1.807) is 11.1 Å². The molecule has 1 aromatic carbocycles. The summed E-state index contributed by atoms with van der Waals surface area (Å²) in [5.41, 5.74) is 3.13. The van der Waals surface area contributed by atoms with Crippen LogP contribution in [-0.4, -0.2) is 37.1 Å². The van der Waals surface area contributed by atoms with Gasteiger partial charge >= 0.3 is 0 Å². The average Bonchev–Trinajstić information content (AvgIpc) is 3.04. The second-order valence-electron chi connectivity index (χ2n) is 5.89. The third kappa shape index (κ3) is 2.60. The Morgan fingerprint density at radius 2 is 1.94 bits per heavy atom. The maximum absolute atomic E-state index is 3.59. The third-order valence-electron chi connectivity index (χ3n) is 4.65. The Hall–Kier alpha value is -0.860. The average molecular weight is 244 g/mol. The number of nitrogens with one attached hydrogen (secondary N) is 1. The molecule has 3 rings (SSSR count). The summed E-state index contributed by atoms with van der Waals surface area (Å²) in [5, 5.41) is 3.59. The van der Waals surface area contributed by atoms with Crippen molar-refractivity contribution in [3.05, 3.63) is 35.4 Å². The van der Waals surface area contributed by atoms with Crippen LogP contribution in [0.25, 0.3) is 0 Å². The van der Waals surface area contributed by atoms with Gasteiger partial charge in [0.2, 0.25) is 0 Å². The zero-order chi connectivity index (χ0) is 12.4. The molecular formula is C16H24N2. The minimum absolute atomic E-state index is 0.726. The lowest BCUT2D eigenvalue weighted by Gasteiger charge is -2.25. The monoisotopic (exact) mass is 244 g/mol. The van der Waals surface area contributed by atoms with E-state index < -0.39 is 0 Å². The molecule has 2 aliphatic rings. The summed E-state index contributed by atoms with van der Waals surface area (Å²) in [7, 11) is 2.30. The van der Waals surface area contributed by atoms with Crippen molar-refractivity contribution in [2.45, 2.75) is 44.2 Å². The first-order chi connectivity index (χ1) is 8.83. The maximum atomic E-state index is 3.59. The van der Waals surface area contributed by atoms with Crippen LogP contribution in [0.4, 0.5) is 0 Å². The van der Waals surface area contributed by atoms with E-state index in [4.69, 9.17) is 0 Å². The van der Waals surface area contributed by atoms with Crippen molar-refractivity contribution in [1.82, 2.24) is 10.2 Å². The van der Waals surface area contributed by atoms with Gasteiger partial charge in [-0.3, -0.25) is 0 Å². The number of nitrogens with zero attached hydrogens (tertiary/aromatic N) is 1. The first-order valence-corrected chi connectivity index (χ1v) is 7.33. The molecule has 1 aliphatic carbocycles. The summed E-state index contributed by atoms with van der Waals surface area (Å²) in [5.74, 6) is 0. The number of hydrogen-bond donors (Lipinski definition) is 1. The summed E-state index contributed by atoms with van der Waals surface area (Å²) < 4.78 is 0. The van der Waals surface area contributed by atoms with Crippen LogP contribution in [0.3, 0.4) is 0 Å². The van der Waals surface area contributed by atoms with E-state index in [-0.39, 0.29) is 0 Å². The molecule has 0 bridgehead atoms. The SMILES string of the molecule is CN(CCC1CCCN1)C1Cc2ccccc2C1. The van der Waals surface area contributed by atoms with Gasteiger partial charge in [0.25, 0.3) is 0 Å². The Balaban J connectivity index is 1.50.